The van der Waals surface area contributed by atoms with E-state index in [0.29, 0.717) is 5.56 Å². The molecule has 1 N–H and O–H groups in total. The SMILES string of the molecule is O[C@H]1CC(CF)(CF)Oc2cc(F)ccc21. The molecule has 2 nitrogen and oxygen atoms in total. The van der Waals surface area contributed by atoms with Crippen LogP contribution in [0, 0.1) is 5.82 Å². The van der Waals surface area contributed by atoms with Crippen molar-refractivity contribution in [3.05, 3.63) is 29.6 Å². The number of hydrogen-bond donors (Lipinski definition) is 1. The fourth-order valence-electron chi connectivity index (χ4n) is 1.81. The Bertz CT molecular complexity index is 391. The van der Waals surface area contributed by atoms with Crippen molar-refractivity contribution >= 4 is 0 Å². The third kappa shape index (κ3) is 1.75. The highest BCUT2D eigenvalue weighted by Crippen LogP contribution is 2.40. The number of benzene rings is 1. The molecule has 1 heterocycles. The van der Waals surface area contributed by atoms with Gasteiger partial charge < -0.3 is 9.84 Å². The minimum atomic E-state index is -1.68. The van der Waals surface area contributed by atoms with Crippen molar-refractivity contribution in [3.63, 3.8) is 0 Å². The van der Waals surface area contributed by atoms with Crippen molar-refractivity contribution in [2.45, 2.75) is 18.1 Å². The van der Waals surface area contributed by atoms with Crippen molar-refractivity contribution < 1.29 is 23.0 Å². The Balaban J connectivity index is 2.41. The van der Waals surface area contributed by atoms with E-state index >= 15 is 0 Å². The van der Waals surface area contributed by atoms with E-state index in [1.165, 1.54) is 12.1 Å². The first kappa shape index (κ1) is 11.3. The predicted octanol–water partition coefficient (Wildman–Crippen LogP) is 2.32. The molecule has 0 spiro atoms. The molecule has 5 heteroatoms. The van der Waals surface area contributed by atoms with Gasteiger partial charge in [-0.2, -0.15) is 0 Å². The first-order valence-corrected chi connectivity index (χ1v) is 4.89. The Morgan fingerprint density at radius 3 is 2.69 bits per heavy atom. The first-order valence-electron chi connectivity index (χ1n) is 4.89. The van der Waals surface area contributed by atoms with Crippen LogP contribution in [-0.4, -0.2) is 24.1 Å². The van der Waals surface area contributed by atoms with Crippen molar-refractivity contribution in [1.82, 2.24) is 0 Å². The molecule has 2 rings (SSSR count). The van der Waals surface area contributed by atoms with E-state index in [1.807, 2.05) is 0 Å². The topological polar surface area (TPSA) is 29.5 Å². The Morgan fingerprint density at radius 1 is 1.38 bits per heavy atom. The normalized spacial score (nSPS) is 22.4. The van der Waals surface area contributed by atoms with Gasteiger partial charge in [-0.15, -0.1) is 0 Å². The van der Waals surface area contributed by atoms with Crippen LogP contribution >= 0.6 is 0 Å². The van der Waals surface area contributed by atoms with Gasteiger partial charge in [-0.05, 0) is 12.1 Å². The number of fused-ring (bicyclic) bond motifs is 1. The summed E-state index contributed by atoms with van der Waals surface area (Å²) in [6, 6.07) is 3.55. The van der Waals surface area contributed by atoms with Crippen molar-refractivity contribution in [3.8, 4) is 5.75 Å². The maximum Gasteiger partial charge on any atom is 0.168 e. The molecule has 0 saturated heterocycles. The van der Waals surface area contributed by atoms with Crippen LogP contribution in [0.4, 0.5) is 13.2 Å². The molecule has 0 unspecified atom stereocenters. The zero-order valence-electron chi connectivity index (χ0n) is 8.42. The van der Waals surface area contributed by atoms with Gasteiger partial charge >= 0.3 is 0 Å². The Labute approximate surface area is 90.7 Å². The van der Waals surface area contributed by atoms with Crippen LogP contribution in [0.2, 0.25) is 0 Å². The van der Waals surface area contributed by atoms with Gasteiger partial charge in [-0.1, -0.05) is 0 Å². The van der Waals surface area contributed by atoms with Gasteiger partial charge in [-0.3, -0.25) is 0 Å². The fourth-order valence-corrected chi connectivity index (χ4v) is 1.81. The molecule has 0 aliphatic carbocycles. The molecule has 16 heavy (non-hydrogen) atoms. The maximum absolute atomic E-state index is 12.9. The Hall–Kier alpha value is -1.23. The summed E-state index contributed by atoms with van der Waals surface area (Å²) in [6.45, 7) is -2.12. The average molecular weight is 232 g/mol. The zero-order chi connectivity index (χ0) is 11.8. The van der Waals surface area contributed by atoms with Crippen molar-refractivity contribution in [2.75, 3.05) is 13.3 Å². The third-order valence-corrected chi connectivity index (χ3v) is 2.71. The largest absolute Gasteiger partial charge is 0.481 e. The van der Waals surface area contributed by atoms with Crippen LogP contribution < -0.4 is 4.74 Å². The van der Waals surface area contributed by atoms with Crippen LogP contribution in [0.15, 0.2) is 18.2 Å². The molecule has 0 bridgehead atoms. The molecule has 0 fully saturated rings. The fraction of sp³-hybridized carbons (Fsp3) is 0.455. The lowest BCUT2D eigenvalue weighted by Gasteiger charge is -2.36. The van der Waals surface area contributed by atoms with Crippen LogP contribution in [0.25, 0.3) is 0 Å². The maximum atomic E-state index is 12.9. The smallest absolute Gasteiger partial charge is 0.168 e. The molecular formula is C11H11F3O2. The lowest BCUT2D eigenvalue weighted by Crippen LogP contribution is -2.45. The van der Waals surface area contributed by atoms with Crippen molar-refractivity contribution in [2.24, 2.45) is 0 Å². The number of halogens is 3. The number of aliphatic hydroxyl groups is 1. The number of aliphatic hydroxyl groups excluding tert-OH is 1. The van der Waals surface area contributed by atoms with E-state index in [4.69, 9.17) is 4.74 Å². The van der Waals surface area contributed by atoms with E-state index in [0.717, 1.165) is 6.07 Å². The molecule has 0 amide bonds. The molecule has 1 aliphatic heterocycles. The molecular weight excluding hydrogens is 221 g/mol. The Kier molecular flexibility index (Phi) is 2.80. The van der Waals surface area contributed by atoms with Crippen LogP contribution in [0.1, 0.15) is 18.1 Å². The van der Waals surface area contributed by atoms with Gasteiger partial charge in [0.25, 0.3) is 0 Å². The number of hydrogen-bond acceptors (Lipinski definition) is 2. The summed E-state index contributed by atoms with van der Waals surface area (Å²) in [5.41, 5.74) is -1.32. The highest BCUT2D eigenvalue weighted by Gasteiger charge is 2.41. The standard InChI is InChI=1S/C11H11F3O2/c12-5-11(6-13)4-9(15)8-2-1-7(14)3-10(8)16-11/h1-3,9,15H,4-6H2/t9-/m0/s1. The van der Waals surface area contributed by atoms with E-state index in [9.17, 15) is 18.3 Å². The van der Waals surface area contributed by atoms with E-state index in [-0.39, 0.29) is 12.2 Å². The third-order valence-electron chi connectivity index (χ3n) is 2.71. The van der Waals surface area contributed by atoms with Gasteiger partial charge in [-0.25, -0.2) is 13.2 Å². The second-order valence-corrected chi connectivity index (χ2v) is 3.95. The number of alkyl halides is 2. The summed E-state index contributed by atoms with van der Waals surface area (Å²) in [6.07, 6.45) is -1.20. The van der Waals surface area contributed by atoms with Crippen LogP contribution in [-0.2, 0) is 0 Å². The van der Waals surface area contributed by atoms with Gasteiger partial charge in [0.15, 0.2) is 5.60 Å². The minimum Gasteiger partial charge on any atom is -0.481 e. The summed E-state index contributed by atoms with van der Waals surface area (Å²) in [5.74, 6) is -0.562. The minimum absolute atomic E-state index is 0.00838. The van der Waals surface area contributed by atoms with Crippen LogP contribution in [0.3, 0.4) is 0 Å². The average Bonchev–Trinajstić information content (AvgIpc) is 2.28. The quantitative estimate of drug-likeness (QED) is 0.847. The van der Waals surface area contributed by atoms with Gasteiger partial charge in [0.1, 0.15) is 24.9 Å². The molecule has 1 aliphatic rings. The second kappa shape index (κ2) is 3.97. The van der Waals surface area contributed by atoms with Gasteiger partial charge in [0, 0.05) is 18.1 Å². The summed E-state index contributed by atoms with van der Waals surface area (Å²) in [5, 5.41) is 9.71. The lowest BCUT2D eigenvalue weighted by atomic mass is 9.90. The number of rotatable bonds is 2. The van der Waals surface area contributed by atoms with Crippen molar-refractivity contribution in [1.29, 1.82) is 0 Å². The molecule has 1 aromatic carbocycles. The molecule has 1 aromatic rings. The monoisotopic (exact) mass is 232 g/mol. The number of ether oxygens (including phenoxy) is 1. The van der Waals surface area contributed by atoms with E-state index in [2.05, 4.69) is 0 Å². The molecule has 0 radical (unpaired) electrons. The summed E-state index contributed by atoms with van der Waals surface area (Å²) >= 11 is 0. The lowest BCUT2D eigenvalue weighted by molar-refractivity contribution is -0.0445. The highest BCUT2D eigenvalue weighted by atomic mass is 19.1. The van der Waals surface area contributed by atoms with Gasteiger partial charge in [0.05, 0.1) is 6.10 Å². The molecule has 88 valence electrons. The summed E-state index contributed by atoms with van der Waals surface area (Å²) in [7, 11) is 0. The summed E-state index contributed by atoms with van der Waals surface area (Å²) < 4.78 is 43.5. The zero-order valence-corrected chi connectivity index (χ0v) is 8.42. The van der Waals surface area contributed by atoms with E-state index < -0.39 is 30.9 Å². The summed E-state index contributed by atoms with van der Waals surface area (Å²) in [4.78, 5) is 0. The second-order valence-electron chi connectivity index (χ2n) is 3.95. The first-order chi connectivity index (χ1) is 7.60. The van der Waals surface area contributed by atoms with Gasteiger partial charge in [0.2, 0.25) is 0 Å². The van der Waals surface area contributed by atoms with Crippen LogP contribution in [0.5, 0.6) is 5.75 Å². The van der Waals surface area contributed by atoms with E-state index in [1.54, 1.807) is 0 Å². The molecule has 1 atom stereocenters. The highest BCUT2D eigenvalue weighted by molar-refractivity contribution is 5.38. The Morgan fingerprint density at radius 2 is 2.06 bits per heavy atom. The predicted molar refractivity (Wildman–Crippen MR) is 51.3 cm³/mol. The molecule has 0 aromatic heterocycles. The molecule has 0 saturated carbocycles.